The lowest BCUT2D eigenvalue weighted by Gasteiger charge is -2.40. The van der Waals surface area contributed by atoms with Crippen LogP contribution in [0.5, 0.6) is 0 Å². The summed E-state index contributed by atoms with van der Waals surface area (Å²) in [5.41, 5.74) is 0. The average Bonchev–Trinajstić information content (AvgIpc) is 3.39. The molecule has 11 nitrogen and oxygen atoms in total. The van der Waals surface area contributed by atoms with Crippen molar-refractivity contribution in [2.45, 2.75) is 351 Å². The predicted molar refractivity (Wildman–Crippen MR) is 302 cm³/mol. The van der Waals surface area contributed by atoms with Crippen LogP contribution in [0.25, 0.3) is 0 Å². The van der Waals surface area contributed by atoms with Gasteiger partial charge in [0, 0.05) is 0 Å². The van der Waals surface area contributed by atoms with Crippen molar-refractivity contribution in [2.24, 2.45) is 0 Å². The lowest BCUT2D eigenvalue weighted by Crippen LogP contribution is -2.60. The van der Waals surface area contributed by atoms with E-state index in [1.54, 1.807) is 0 Å². The number of carbonyl (C=O) groups excluding carboxylic acids is 1. The first kappa shape index (κ1) is 69.6. The summed E-state index contributed by atoms with van der Waals surface area (Å²) in [5.74, 6) is -0.707. The third kappa shape index (κ3) is 39.6. The molecule has 1 amide bonds. The summed E-state index contributed by atoms with van der Waals surface area (Å²) in [6.45, 7) is 3.46. The number of rotatable bonds is 54. The van der Waals surface area contributed by atoms with E-state index >= 15 is 0 Å². The van der Waals surface area contributed by atoms with E-state index in [1.807, 2.05) is 0 Å². The fourth-order valence-electron chi connectivity index (χ4n) is 10.2. The fourth-order valence-corrected chi connectivity index (χ4v) is 10.2. The molecule has 0 bridgehead atoms. The quantitative estimate of drug-likeness (QED) is 0.0215. The molecule has 1 rings (SSSR count). The standard InChI is InChI=1S/C62H119NO10/c1-3-5-7-9-11-13-15-17-19-20-21-22-23-24-25-26-27-28-29-30-31-32-33-34-35-36-38-39-41-43-45-47-49-54(65)57(67)53(52-72-62-60(70)59(69)58(68)56(51-64)73-62)63-61(71)55(66)50-48-46-44-42-40-37-18-16-14-12-10-8-6-4-2/h35-36,41,43,53-60,62,64-70H,3-34,37-40,42,44-52H2,1-2H3,(H,63,71)/b36-35+,43-41+. The summed E-state index contributed by atoms with van der Waals surface area (Å²) >= 11 is 0. The van der Waals surface area contributed by atoms with Crippen LogP contribution in [0, 0.1) is 0 Å². The first-order chi connectivity index (χ1) is 35.7. The van der Waals surface area contributed by atoms with Crippen molar-refractivity contribution >= 4 is 5.91 Å². The minimum Gasteiger partial charge on any atom is -0.394 e. The van der Waals surface area contributed by atoms with Gasteiger partial charge in [-0.1, -0.05) is 269 Å². The molecule has 9 atom stereocenters. The minimum absolute atomic E-state index is 0.249. The molecule has 432 valence electrons. The number of aliphatic hydroxyl groups excluding tert-OH is 7. The molecule has 8 N–H and O–H groups in total. The topological polar surface area (TPSA) is 189 Å². The maximum absolute atomic E-state index is 13.2. The van der Waals surface area contributed by atoms with E-state index in [-0.39, 0.29) is 12.8 Å². The van der Waals surface area contributed by atoms with Crippen LogP contribution in [-0.2, 0) is 14.3 Å². The molecule has 0 aromatic rings. The second kappa shape index (κ2) is 51.4. The molecule has 1 aliphatic rings. The molecule has 0 aromatic carbocycles. The molecule has 11 heteroatoms. The Kier molecular flexibility index (Phi) is 49.0. The molecule has 1 heterocycles. The average molecular weight is 1040 g/mol. The van der Waals surface area contributed by atoms with Crippen molar-refractivity contribution in [3.63, 3.8) is 0 Å². The molecule has 1 aliphatic heterocycles. The van der Waals surface area contributed by atoms with Crippen molar-refractivity contribution in [2.75, 3.05) is 13.2 Å². The zero-order valence-electron chi connectivity index (χ0n) is 47.4. The van der Waals surface area contributed by atoms with Gasteiger partial charge in [-0.15, -0.1) is 0 Å². The van der Waals surface area contributed by atoms with Gasteiger partial charge in [-0.05, 0) is 51.4 Å². The highest BCUT2D eigenvalue weighted by molar-refractivity contribution is 5.80. The molecule has 73 heavy (non-hydrogen) atoms. The summed E-state index contributed by atoms with van der Waals surface area (Å²) < 4.78 is 11.1. The molecule has 9 unspecified atom stereocenters. The van der Waals surface area contributed by atoms with Crippen LogP contribution in [0.3, 0.4) is 0 Å². The monoisotopic (exact) mass is 1040 g/mol. The van der Waals surface area contributed by atoms with Gasteiger partial charge in [0.25, 0.3) is 0 Å². The third-order valence-corrected chi connectivity index (χ3v) is 15.2. The summed E-state index contributed by atoms with van der Waals surface area (Å²) in [5, 5.41) is 76.1. The highest BCUT2D eigenvalue weighted by Gasteiger charge is 2.44. The number of carbonyl (C=O) groups is 1. The fraction of sp³-hybridized carbons (Fsp3) is 0.919. The number of amides is 1. The van der Waals surface area contributed by atoms with Gasteiger partial charge in [0.15, 0.2) is 6.29 Å². The van der Waals surface area contributed by atoms with E-state index in [4.69, 9.17) is 9.47 Å². The summed E-state index contributed by atoms with van der Waals surface area (Å²) in [6, 6.07) is -1.19. The van der Waals surface area contributed by atoms with Crippen LogP contribution >= 0.6 is 0 Å². The second-order valence-electron chi connectivity index (χ2n) is 22.1. The summed E-state index contributed by atoms with van der Waals surface area (Å²) in [6.07, 6.45) is 51.2. The molecular weight excluding hydrogens is 919 g/mol. The van der Waals surface area contributed by atoms with Gasteiger partial charge in [0.05, 0.1) is 25.4 Å². The highest BCUT2D eigenvalue weighted by Crippen LogP contribution is 2.23. The first-order valence-electron chi connectivity index (χ1n) is 31.2. The number of aliphatic hydroxyl groups is 7. The van der Waals surface area contributed by atoms with Gasteiger partial charge < -0.3 is 50.5 Å². The van der Waals surface area contributed by atoms with E-state index in [2.05, 4.69) is 43.5 Å². The Bertz CT molecular complexity index is 1240. The molecule has 0 spiro atoms. The van der Waals surface area contributed by atoms with E-state index < -0.39 is 74.2 Å². The van der Waals surface area contributed by atoms with Crippen LogP contribution in [0.15, 0.2) is 24.3 Å². The maximum Gasteiger partial charge on any atom is 0.249 e. The maximum atomic E-state index is 13.2. The largest absolute Gasteiger partial charge is 0.394 e. The van der Waals surface area contributed by atoms with Crippen LogP contribution in [-0.4, -0.2) is 110 Å². The van der Waals surface area contributed by atoms with Gasteiger partial charge in [-0.25, -0.2) is 0 Å². The van der Waals surface area contributed by atoms with Crippen LogP contribution in [0.1, 0.15) is 296 Å². The van der Waals surface area contributed by atoms with Crippen LogP contribution in [0.4, 0.5) is 0 Å². The molecule has 1 fully saturated rings. The first-order valence-corrected chi connectivity index (χ1v) is 31.2. The number of hydrogen-bond acceptors (Lipinski definition) is 10. The van der Waals surface area contributed by atoms with Gasteiger partial charge in [0.2, 0.25) is 5.91 Å². The summed E-state index contributed by atoms with van der Waals surface area (Å²) in [4.78, 5) is 13.2. The third-order valence-electron chi connectivity index (χ3n) is 15.2. The van der Waals surface area contributed by atoms with Crippen molar-refractivity contribution in [1.29, 1.82) is 0 Å². The SMILES string of the molecule is CCCCCCCCCCCCCCCCCCCCCCCCC/C=C/CC/C=C/CCCC(O)C(O)C(COC1OC(CO)C(O)C(O)C1O)NC(=O)C(O)CCCCCCCCCCCCCCCC. The van der Waals surface area contributed by atoms with E-state index in [0.717, 1.165) is 38.5 Å². The van der Waals surface area contributed by atoms with Gasteiger partial charge in [0.1, 0.15) is 36.6 Å². The molecule has 1 saturated heterocycles. The lowest BCUT2D eigenvalue weighted by molar-refractivity contribution is -0.303. The van der Waals surface area contributed by atoms with Gasteiger partial charge in [-0.3, -0.25) is 4.79 Å². The smallest absolute Gasteiger partial charge is 0.249 e. The number of allylic oxidation sites excluding steroid dienone is 4. The van der Waals surface area contributed by atoms with Crippen LogP contribution < -0.4 is 5.32 Å². The molecule has 0 aromatic heterocycles. The Morgan fingerprint density at radius 2 is 0.822 bits per heavy atom. The van der Waals surface area contributed by atoms with Crippen molar-refractivity contribution in [1.82, 2.24) is 5.32 Å². The molecule has 0 radical (unpaired) electrons. The molecule has 0 saturated carbocycles. The number of unbranched alkanes of at least 4 members (excludes halogenated alkanes) is 38. The van der Waals surface area contributed by atoms with Crippen molar-refractivity contribution in [3.8, 4) is 0 Å². The zero-order chi connectivity index (χ0) is 53.3. The number of ether oxygens (including phenoxy) is 2. The Morgan fingerprint density at radius 3 is 1.22 bits per heavy atom. The summed E-state index contributed by atoms with van der Waals surface area (Å²) in [7, 11) is 0. The Balaban J connectivity index is 2.23. The van der Waals surface area contributed by atoms with E-state index in [9.17, 15) is 40.5 Å². The minimum atomic E-state index is -1.67. The van der Waals surface area contributed by atoms with Gasteiger partial charge in [-0.2, -0.15) is 0 Å². The van der Waals surface area contributed by atoms with Crippen LogP contribution in [0.2, 0.25) is 0 Å². The van der Waals surface area contributed by atoms with Gasteiger partial charge >= 0.3 is 0 Å². The zero-order valence-corrected chi connectivity index (χ0v) is 47.4. The predicted octanol–water partition coefficient (Wildman–Crippen LogP) is 13.7. The normalized spacial score (nSPS) is 20.0. The second-order valence-corrected chi connectivity index (χ2v) is 22.1. The number of nitrogens with one attached hydrogen (secondary N) is 1. The lowest BCUT2D eigenvalue weighted by atomic mass is 9.98. The number of hydrogen-bond donors (Lipinski definition) is 8. The highest BCUT2D eigenvalue weighted by atomic mass is 16.7. The van der Waals surface area contributed by atoms with E-state index in [1.165, 1.54) is 212 Å². The van der Waals surface area contributed by atoms with Crippen molar-refractivity contribution in [3.05, 3.63) is 24.3 Å². The Hall–Kier alpha value is -1.41. The molecule has 0 aliphatic carbocycles. The van der Waals surface area contributed by atoms with E-state index in [0.29, 0.717) is 19.3 Å². The van der Waals surface area contributed by atoms with Crippen molar-refractivity contribution < 1.29 is 50.0 Å². The Labute approximate surface area is 448 Å². The molecular formula is C62H119NO10. The Morgan fingerprint density at radius 1 is 0.466 bits per heavy atom.